The summed E-state index contributed by atoms with van der Waals surface area (Å²) in [4.78, 5) is 21.1. The van der Waals surface area contributed by atoms with Crippen molar-refractivity contribution in [1.82, 2.24) is 4.98 Å². The van der Waals surface area contributed by atoms with E-state index in [0.29, 0.717) is 35.4 Å². The molecule has 0 amide bonds. The van der Waals surface area contributed by atoms with Gasteiger partial charge < -0.3 is 14.9 Å². The first kappa shape index (κ1) is 34.9. The Hall–Kier alpha value is -3.31. The molecule has 1 fully saturated rings. The summed E-state index contributed by atoms with van der Waals surface area (Å²) in [5.74, 6) is -1.25. The Morgan fingerprint density at radius 2 is 1.55 bits per heavy atom. The minimum absolute atomic E-state index is 0. The first-order chi connectivity index (χ1) is 18.5. The predicted molar refractivity (Wildman–Crippen MR) is 173 cm³/mol. The van der Waals surface area contributed by atoms with Gasteiger partial charge in [0, 0.05) is 42.9 Å². The largest absolute Gasteiger partial charge is 0.478 e. The van der Waals surface area contributed by atoms with Crippen LogP contribution in [0.4, 0.5) is 21.6 Å². The van der Waals surface area contributed by atoms with Gasteiger partial charge >= 0.3 is 5.97 Å². The molecule has 226 valence electrons. The second-order valence-electron chi connectivity index (χ2n) is 9.77. The van der Waals surface area contributed by atoms with Crippen molar-refractivity contribution in [2.75, 3.05) is 40.7 Å². The number of hydrogen-bond acceptors (Lipinski definition) is 6. The van der Waals surface area contributed by atoms with Crippen molar-refractivity contribution in [3.05, 3.63) is 88.7 Å². The number of fused-ring (bicyclic) bond motifs is 1. The summed E-state index contributed by atoms with van der Waals surface area (Å²) in [6.45, 7) is 8.68. The molecule has 0 bridgehead atoms. The highest BCUT2D eigenvalue weighted by molar-refractivity contribution is 7.92. The number of sulfonamides is 1. The van der Waals surface area contributed by atoms with Crippen LogP contribution in [0.5, 0.6) is 0 Å². The lowest BCUT2D eigenvalue weighted by molar-refractivity contribution is 0.0699. The zero-order chi connectivity index (χ0) is 27.9. The van der Waals surface area contributed by atoms with Crippen LogP contribution in [0.15, 0.2) is 65.6 Å². The fourth-order valence-electron chi connectivity index (χ4n) is 4.94. The van der Waals surface area contributed by atoms with Gasteiger partial charge in [-0.1, -0.05) is 18.2 Å². The number of carboxylic acids is 1. The summed E-state index contributed by atoms with van der Waals surface area (Å²) < 4.78 is 42.0. The zero-order valence-corrected chi connectivity index (χ0v) is 26.4. The number of aromatic nitrogens is 1. The highest BCUT2D eigenvalue weighted by atomic mass is 35.5. The molecule has 1 aliphatic heterocycles. The third-order valence-corrected chi connectivity index (χ3v) is 8.76. The first-order valence-corrected chi connectivity index (χ1v) is 14.0. The monoisotopic (exact) mass is 656 g/mol. The van der Waals surface area contributed by atoms with Crippen LogP contribution >= 0.6 is 37.2 Å². The molecule has 2 heterocycles. The lowest BCUT2D eigenvalue weighted by Crippen LogP contribution is -2.47. The number of aryl methyl sites for hydroxylation is 2. The average molecular weight is 658 g/mol. The summed E-state index contributed by atoms with van der Waals surface area (Å²) in [7, 11) is -4.10. The molecule has 42 heavy (non-hydrogen) atoms. The van der Waals surface area contributed by atoms with Gasteiger partial charge in [0.15, 0.2) is 0 Å². The molecule has 5 rings (SSSR count). The van der Waals surface area contributed by atoms with E-state index in [0.717, 1.165) is 19.2 Å². The Morgan fingerprint density at radius 3 is 2.21 bits per heavy atom. The number of rotatable bonds is 6. The molecule has 13 heteroatoms. The predicted octanol–water partition coefficient (Wildman–Crippen LogP) is 6.39. The van der Waals surface area contributed by atoms with E-state index in [1.807, 2.05) is 0 Å². The number of aromatic carboxylic acids is 1. The molecule has 1 saturated heterocycles. The van der Waals surface area contributed by atoms with E-state index >= 15 is 0 Å². The van der Waals surface area contributed by atoms with Crippen LogP contribution < -0.4 is 14.5 Å². The SMILES string of the molecule is Cc1ccc(F)cc1S(=O)(=O)Nc1ccc2nc(N3CCN(c4cccc(C)c4C)CC3)cc(C(=O)O)c2c1.Cl.Cl.Cl. The smallest absolute Gasteiger partial charge is 0.336 e. The average Bonchev–Trinajstić information content (AvgIpc) is 2.90. The number of benzene rings is 3. The van der Waals surface area contributed by atoms with Gasteiger partial charge in [0.05, 0.1) is 16.0 Å². The maximum atomic E-state index is 13.7. The van der Waals surface area contributed by atoms with E-state index in [4.69, 9.17) is 4.98 Å². The zero-order valence-electron chi connectivity index (χ0n) is 23.1. The molecule has 0 atom stereocenters. The molecular formula is C29H32Cl3FN4O4S. The Bertz CT molecular complexity index is 1720. The van der Waals surface area contributed by atoms with Crippen molar-refractivity contribution in [3.8, 4) is 0 Å². The van der Waals surface area contributed by atoms with Crippen molar-refractivity contribution in [1.29, 1.82) is 0 Å². The molecular weight excluding hydrogens is 626 g/mol. The molecule has 3 aromatic carbocycles. The Labute approximate surface area is 263 Å². The number of nitrogens with one attached hydrogen (secondary N) is 1. The standard InChI is InChI=1S/C29H29FN4O4S.3ClH/c1-18-5-4-6-26(20(18)3)33-11-13-34(14-12-33)28-17-24(29(35)36)23-16-22(9-10-25(23)31-28)32-39(37,38)27-15-21(30)8-7-19(27)2;;;/h4-10,15-17,32H,11-14H2,1-3H3,(H,35,36);3*1H. The van der Waals surface area contributed by atoms with Crippen LogP contribution in [0.25, 0.3) is 10.9 Å². The molecule has 4 aromatic rings. The fraction of sp³-hybridized carbons (Fsp3) is 0.241. The van der Waals surface area contributed by atoms with Gasteiger partial charge in [-0.25, -0.2) is 22.6 Å². The number of halogens is 4. The minimum Gasteiger partial charge on any atom is -0.478 e. The Kier molecular flexibility index (Phi) is 11.4. The van der Waals surface area contributed by atoms with Crippen LogP contribution in [-0.4, -0.2) is 50.7 Å². The van der Waals surface area contributed by atoms with Gasteiger partial charge in [-0.2, -0.15) is 0 Å². The summed E-state index contributed by atoms with van der Waals surface area (Å²) in [6.07, 6.45) is 0. The van der Waals surface area contributed by atoms with Crippen LogP contribution in [0, 0.1) is 26.6 Å². The van der Waals surface area contributed by atoms with Crippen LogP contribution in [0.1, 0.15) is 27.0 Å². The number of hydrogen-bond donors (Lipinski definition) is 2. The molecule has 1 aromatic heterocycles. The Balaban J connectivity index is 0.00000205. The molecule has 0 saturated carbocycles. The number of anilines is 3. The van der Waals surface area contributed by atoms with Gasteiger partial charge in [0.25, 0.3) is 10.0 Å². The van der Waals surface area contributed by atoms with Crippen LogP contribution in [-0.2, 0) is 10.0 Å². The van der Waals surface area contributed by atoms with Gasteiger partial charge in [0.1, 0.15) is 11.6 Å². The quantitative estimate of drug-likeness (QED) is 0.248. The van der Waals surface area contributed by atoms with Crippen molar-refractivity contribution in [2.24, 2.45) is 0 Å². The number of carboxylic acid groups (broad SMARTS) is 1. The molecule has 1 aliphatic rings. The summed E-state index contributed by atoms with van der Waals surface area (Å²) in [5, 5.41) is 10.3. The fourth-order valence-corrected chi connectivity index (χ4v) is 6.25. The molecule has 0 aliphatic carbocycles. The van der Waals surface area contributed by atoms with E-state index in [-0.39, 0.29) is 53.4 Å². The second kappa shape index (κ2) is 13.8. The van der Waals surface area contributed by atoms with E-state index in [2.05, 4.69) is 46.6 Å². The van der Waals surface area contributed by atoms with Crippen molar-refractivity contribution >= 4 is 81.3 Å². The Morgan fingerprint density at radius 1 is 0.881 bits per heavy atom. The van der Waals surface area contributed by atoms with Crippen molar-refractivity contribution in [3.63, 3.8) is 0 Å². The third kappa shape index (κ3) is 7.00. The number of pyridine rings is 1. The molecule has 0 spiro atoms. The van der Waals surface area contributed by atoms with Crippen LogP contribution in [0.2, 0.25) is 0 Å². The topological polar surface area (TPSA) is 103 Å². The van der Waals surface area contributed by atoms with Gasteiger partial charge in [-0.05, 0) is 79.9 Å². The first-order valence-electron chi connectivity index (χ1n) is 12.6. The summed E-state index contributed by atoms with van der Waals surface area (Å²) in [5.41, 5.74) is 4.70. The van der Waals surface area contributed by atoms with E-state index in [1.165, 1.54) is 47.1 Å². The maximum Gasteiger partial charge on any atom is 0.336 e. The van der Waals surface area contributed by atoms with Gasteiger partial charge in [0.2, 0.25) is 0 Å². The summed E-state index contributed by atoms with van der Waals surface area (Å²) >= 11 is 0. The highest BCUT2D eigenvalue weighted by Gasteiger charge is 2.23. The van der Waals surface area contributed by atoms with Gasteiger partial charge in [-0.3, -0.25) is 4.72 Å². The lowest BCUT2D eigenvalue weighted by Gasteiger charge is -2.37. The third-order valence-electron chi connectivity index (χ3n) is 7.24. The number of piperazine rings is 1. The number of carbonyl (C=O) groups is 1. The normalized spacial score (nSPS) is 13.0. The van der Waals surface area contributed by atoms with Crippen molar-refractivity contribution < 1.29 is 22.7 Å². The second-order valence-corrected chi connectivity index (χ2v) is 11.4. The minimum atomic E-state index is -4.10. The highest BCUT2D eigenvalue weighted by Crippen LogP contribution is 2.30. The van der Waals surface area contributed by atoms with Crippen molar-refractivity contribution in [2.45, 2.75) is 25.7 Å². The molecule has 2 N–H and O–H groups in total. The molecule has 8 nitrogen and oxygen atoms in total. The maximum absolute atomic E-state index is 13.7. The van der Waals surface area contributed by atoms with Crippen LogP contribution in [0.3, 0.4) is 0 Å². The van der Waals surface area contributed by atoms with E-state index < -0.39 is 21.8 Å². The summed E-state index contributed by atoms with van der Waals surface area (Å²) in [6, 6.07) is 15.9. The van der Waals surface area contributed by atoms with E-state index in [9.17, 15) is 22.7 Å². The molecule has 0 unspecified atom stereocenters. The van der Waals surface area contributed by atoms with E-state index in [1.54, 1.807) is 13.0 Å². The van der Waals surface area contributed by atoms with Gasteiger partial charge in [-0.15, -0.1) is 37.2 Å². The number of nitrogens with zero attached hydrogens (tertiary/aromatic N) is 3. The lowest BCUT2D eigenvalue weighted by atomic mass is 10.1. The molecule has 0 radical (unpaired) electrons.